The lowest BCUT2D eigenvalue weighted by Gasteiger charge is -2.18. The first-order valence-electron chi connectivity index (χ1n) is 5.89. The maximum Gasteiger partial charge on any atom is 0.165 e. The van der Waals surface area contributed by atoms with E-state index in [0.29, 0.717) is 6.04 Å². The predicted molar refractivity (Wildman–Crippen MR) is 72.0 cm³/mol. The van der Waals surface area contributed by atoms with Gasteiger partial charge in [0.15, 0.2) is 11.5 Å². The number of benzene rings is 1. The minimum absolute atomic E-state index is 0.372. The van der Waals surface area contributed by atoms with E-state index in [-0.39, 0.29) is 0 Å². The van der Waals surface area contributed by atoms with Gasteiger partial charge in [-0.1, -0.05) is 22.9 Å². The molecule has 2 rings (SSSR count). The Morgan fingerprint density at radius 2 is 2.18 bits per heavy atom. The number of hydrogen-bond acceptors (Lipinski definition) is 3. The zero-order chi connectivity index (χ0) is 12.4. The lowest BCUT2D eigenvalue weighted by atomic mass is 10.1. The topological polar surface area (TPSA) is 30.5 Å². The summed E-state index contributed by atoms with van der Waals surface area (Å²) in [5.41, 5.74) is 2.59. The molecule has 0 radical (unpaired) electrons. The van der Waals surface area contributed by atoms with Gasteiger partial charge in [0.25, 0.3) is 0 Å². The van der Waals surface area contributed by atoms with E-state index >= 15 is 0 Å². The van der Waals surface area contributed by atoms with Gasteiger partial charge in [0.05, 0.1) is 14.2 Å². The van der Waals surface area contributed by atoms with Crippen molar-refractivity contribution in [3.05, 3.63) is 21.7 Å². The zero-order valence-corrected chi connectivity index (χ0v) is 12.1. The number of nitrogens with one attached hydrogen (secondary N) is 1. The molecule has 0 amide bonds. The Morgan fingerprint density at radius 3 is 2.76 bits per heavy atom. The molecule has 1 aliphatic carbocycles. The summed E-state index contributed by atoms with van der Waals surface area (Å²) < 4.78 is 12.0. The third-order valence-electron chi connectivity index (χ3n) is 3.25. The molecule has 17 heavy (non-hydrogen) atoms. The Bertz CT molecular complexity index is 420. The van der Waals surface area contributed by atoms with Gasteiger partial charge < -0.3 is 14.8 Å². The largest absolute Gasteiger partial charge is 0.493 e. The number of hydrogen-bond donors (Lipinski definition) is 1. The van der Waals surface area contributed by atoms with Crippen LogP contribution in [0.2, 0.25) is 0 Å². The fourth-order valence-corrected chi connectivity index (χ4v) is 3.15. The second-order valence-electron chi connectivity index (χ2n) is 4.14. The SMILES string of the molecule is CCNC1CCc2c(Br)cc(OC)c(OC)c21. The Labute approximate surface area is 111 Å². The van der Waals surface area contributed by atoms with E-state index in [2.05, 4.69) is 28.2 Å². The first-order valence-corrected chi connectivity index (χ1v) is 6.68. The number of fused-ring (bicyclic) bond motifs is 1. The van der Waals surface area contributed by atoms with Crippen LogP contribution in [0.4, 0.5) is 0 Å². The van der Waals surface area contributed by atoms with E-state index in [9.17, 15) is 0 Å². The van der Waals surface area contributed by atoms with Gasteiger partial charge in [0.1, 0.15) is 0 Å². The standard InChI is InChI=1S/C13H18BrNO2/c1-4-15-10-6-5-8-9(14)7-11(16-2)13(17-3)12(8)10/h7,10,15H,4-6H2,1-3H3. The third-order valence-corrected chi connectivity index (χ3v) is 3.95. The highest BCUT2D eigenvalue weighted by molar-refractivity contribution is 9.10. The number of halogens is 1. The molecule has 0 fully saturated rings. The molecule has 1 unspecified atom stereocenters. The highest BCUT2D eigenvalue weighted by Crippen LogP contribution is 2.46. The summed E-state index contributed by atoms with van der Waals surface area (Å²) in [7, 11) is 3.38. The van der Waals surface area contributed by atoms with Crippen LogP contribution < -0.4 is 14.8 Å². The van der Waals surface area contributed by atoms with Crippen LogP contribution in [0.5, 0.6) is 11.5 Å². The van der Waals surface area contributed by atoms with Crippen molar-refractivity contribution in [1.29, 1.82) is 0 Å². The van der Waals surface area contributed by atoms with Gasteiger partial charge in [-0.3, -0.25) is 0 Å². The Balaban J connectivity index is 2.54. The molecular weight excluding hydrogens is 282 g/mol. The molecule has 1 atom stereocenters. The highest BCUT2D eigenvalue weighted by Gasteiger charge is 2.29. The third kappa shape index (κ3) is 2.16. The van der Waals surface area contributed by atoms with Gasteiger partial charge in [-0.05, 0) is 31.0 Å². The number of rotatable bonds is 4. The average molecular weight is 300 g/mol. The van der Waals surface area contributed by atoms with Crippen molar-refractivity contribution < 1.29 is 9.47 Å². The molecule has 94 valence electrons. The zero-order valence-electron chi connectivity index (χ0n) is 10.5. The first kappa shape index (κ1) is 12.7. The van der Waals surface area contributed by atoms with Gasteiger partial charge in [-0.2, -0.15) is 0 Å². The summed E-state index contributed by atoms with van der Waals surface area (Å²) in [5, 5.41) is 3.50. The van der Waals surface area contributed by atoms with Crippen LogP contribution in [0.25, 0.3) is 0 Å². The molecule has 4 heteroatoms. The molecule has 0 bridgehead atoms. The van der Waals surface area contributed by atoms with E-state index in [0.717, 1.165) is 35.4 Å². The van der Waals surface area contributed by atoms with Gasteiger partial charge in [0, 0.05) is 16.1 Å². The summed E-state index contributed by atoms with van der Waals surface area (Å²) >= 11 is 3.62. The summed E-state index contributed by atoms with van der Waals surface area (Å²) in [6.45, 7) is 3.09. The summed E-state index contributed by atoms with van der Waals surface area (Å²) in [4.78, 5) is 0. The molecule has 0 heterocycles. The molecule has 0 aliphatic heterocycles. The van der Waals surface area contributed by atoms with E-state index in [1.807, 2.05) is 6.07 Å². The van der Waals surface area contributed by atoms with Gasteiger partial charge >= 0.3 is 0 Å². The van der Waals surface area contributed by atoms with E-state index in [4.69, 9.17) is 9.47 Å². The molecule has 1 aliphatic rings. The molecule has 0 spiro atoms. The van der Waals surface area contributed by atoms with Crippen LogP contribution >= 0.6 is 15.9 Å². The van der Waals surface area contributed by atoms with Crippen LogP contribution in [-0.4, -0.2) is 20.8 Å². The lowest BCUT2D eigenvalue weighted by molar-refractivity contribution is 0.347. The van der Waals surface area contributed by atoms with Gasteiger partial charge in [0.2, 0.25) is 0 Å². The van der Waals surface area contributed by atoms with Crippen molar-refractivity contribution in [2.75, 3.05) is 20.8 Å². The molecule has 3 nitrogen and oxygen atoms in total. The first-order chi connectivity index (χ1) is 8.22. The minimum atomic E-state index is 0.372. The Hall–Kier alpha value is -0.740. The smallest absolute Gasteiger partial charge is 0.165 e. The maximum atomic E-state index is 5.52. The second-order valence-corrected chi connectivity index (χ2v) is 4.99. The second kappa shape index (κ2) is 5.27. The van der Waals surface area contributed by atoms with Crippen molar-refractivity contribution in [2.24, 2.45) is 0 Å². The fourth-order valence-electron chi connectivity index (χ4n) is 2.53. The summed E-state index contributed by atoms with van der Waals surface area (Å²) in [5.74, 6) is 1.66. The monoisotopic (exact) mass is 299 g/mol. The normalized spacial score (nSPS) is 18.0. The molecule has 0 saturated heterocycles. The Kier molecular flexibility index (Phi) is 3.94. The maximum absolute atomic E-state index is 5.52. The number of methoxy groups -OCH3 is 2. The van der Waals surface area contributed by atoms with E-state index in [1.165, 1.54) is 11.1 Å². The summed E-state index contributed by atoms with van der Waals surface area (Å²) in [6.07, 6.45) is 2.19. The molecule has 1 aromatic carbocycles. The molecule has 1 N–H and O–H groups in total. The number of ether oxygens (including phenoxy) is 2. The average Bonchev–Trinajstić information content (AvgIpc) is 2.74. The van der Waals surface area contributed by atoms with Crippen molar-refractivity contribution in [3.8, 4) is 11.5 Å². The van der Waals surface area contributed by atoms with Crippen molar-refractivity contribution in [2.45, 2.75) is 25.8 Å². The molecule has 0 saturated carbocycles. The van der Waals surface area contributed by atoms with Gasteiger partial charge in [-0.25, -0.2) is 0 Å². The van der Waals surface area contributed by atoms with E-state index < -0.39 is 0 Å². The molecule has 1 aromatic rings. The van der Waals surface area contributed by atoms with Crippen molar-refractivity contribution in [3.63, 3.8) is 0 Å². The van der Waals surface area contributed by atoms with Crippen LogP contribution in [0.1, 0.15) is 30.5 Å². The van der Waals surface area contributed by atoms with Crippen molar-refractivity contribution >= 4 is 15.9 Å². The quantitative estimate of drug-likeness (QED) is 0.927. The molecule has 0 aromatic heterocycles. The lowest BCUT2D eigenvalue weighted by Crippen LogP contribution is -2.19. The van der Waals surface area contributed by atoms with Crippen LogP contribution in [0.3, 0.4) is 0 Å². The molecular formula is C13H18BrNO2. The Morgan fingerprint density at radius 1 is 1.41 bits per heavy atom. The summed E-state index contributed by atoms with van der Waals surface area (Å²) in [6, 6.07) is 2.36. The van der Waals surface area contributed by atoms with Crippen molar-refractivity contribution in [1.82, 2.24) is 5.32 Å². The van der Waals surface area contributed by atoms with Crippen LogP contribution in [-0.2, 0) is 6.42 Å². The predicted octanol–water partition coefficient (Wildman–Crippen LogP) is 3.06. The fraction of sp³-hybridized carbons (Fsp3) is 0.538. The highest BCUT2D eigenvalue weighted by atomic mass is 79.9. The minimum Gasteiger partial charge on any atom is -0.493 e. The van der Waals surface area contributed by atoms with E-state index in [1.54, 1.807) is 14.2 Å². The van der Waals surface area contributed by atoms with Crippen LogP contribution in [0.15, 0.2) is 10.5 Å². The van der Waals surface area contributed by atoms with Gasteiger partial charge in [-0.15, -0.1) is 0 Å². The van der Waals surface area contributed by atoms with Crippen LogP contribution in [0, 0.1) is 0 Å².